The molecule has 0 unspecified atom stereocenters. The van der Waals surface area contributed by atoms with Gasteiger partial charge in [0.15, 0.2) is 11.6 Å². The van der Waals surface area contributed by atoms with E-state index in [1.54, 1.807) is 31.3 Å². The number of nitrogens with one attached hydrogen (secondary N) is 1. The maximum atomic E-state index is 14.9. The summed E-state index contributed by atoms with van der Waals surface area (Å²) in [6.07, 6.45) is 2.19. The van der Waals surface area contributed by atoms with Gasteiger partial charge in [0, 0.05) is 47.8 Å². The highest BCUT2D eigenvalue weighted by atomic mass is 19.2. The summed E-state index contributed by atoms with van der Waals surface area (Å²) in [5.74, 6) is -1.30. The summed E-state index contributed by atoms with van der Waals surface area (Å²) in [4.78, 5) is 20.5. The van der Waals surface area contributed by atoms with Gasteiger partial charge in [-0.15, -0.1) is 0 Å². The highest BCUT2D eigenvalue weighted by Crippen LogP contribution is 2.38. The number of hydrogen-bond donors (Lipinski definition) is 1. The van der Waals surface area contributed by atoms with Crippen LogP contribution >= 0.6 is 0 Å². The van der Waals surface area contributed by atoms with Crippen LogP contribution < -0.4 is 15.0 Å². The maximum Gasteiger partial charge on any atom is 0.255 e. The number of morpholine rings is 1. The average Bonchev–Trinajstić information content (AvgIpc) is 2.94. The van der Waals surface area contributed by atoms with Gasteiger partial charge in [0.05, 0.1) is 42.6 Å². The molecule has 0 bridgehead atoms. The quantitative estimate of drug-likeness (QED) is 0.385. The number of nitrogens with zero attached hydrogens (tertiary/aromatic N) is 2. The molecule has 38 heavy (non-hydrogen) atoms. The van der Waals surface area contributed by atoms with Crippen LogP contribution in [0.15, 0.2) is 60.8 Å². The molecule has 1 fully saturated rings. The van der Waals surface area contributed by atoms with E-state index >= 15 is 0 Å². The Morgan fingerprint density at radius 3 is 2.68 bits per heavy atom. The maximum absolute atomic E-state index is 14.9. The number of fused-ring (bicyclic) bond motifs is 2. The van der Waals surface area contributed by atoms with Gasteiger partial charge in [-0.1, -0.05) is 36.4 Å². The molecule has 194 valence electrons. The molecule has 1 saturated heterocycles. The van der Waals surface area contributed by atoms with Crippen LogP contribution in [0.5, 0.6) is 5.75 Å². The number of carbonyl (C=O) groups is 1. The Bertz CT molecular complexity index is 1540. The number of amides is 1. The predicted octanol–water partition coefficient (Wildman–Crippen LogP) is 5.58. The van der Waals surface area contributed by atoms with Crippen LogP contribution in [0.2, 0.25) is 0 Å². The van der Waals surface area contributed by atoms with Crippen LogP contribution in [-0.2, 0) is 4.74 Å². The van der Waals surface area contributed by atoms with Crippen molar-refractivity contribution >= 4 is 22.5 Å². The molecular weight excluding hydrogens is 488 g/mol. The fourth-order valence-electron chi connectivity index (χ4n) is 5.37. The Labute approximate surface area is 219 Å². The smallest absolute Gasteiger partial charge is 0.255 e. The third kappa shape index (κ3) is 4.35. The highest BCUT2D eigenvalue weighted by molar-refractivity contribution is 6.10. The molecule has 2 aliphatic rings. The summed E-state index contributed by atoms with van der Waals surface area (Å²) in [5.41, 5.74) is 3.81. The van der Waals surface area contributed by atoms with E-state index in [1.165, 1.54) is 6.07 Å². The third-order valence-electron chi connectivity index (χ3n) is 7.17. The van der Waals surface area contributed by atoms with E-state index in [1.807, 2.05) is 30.3 Å². The van der Waals surface area contributed by atoms with Gasteiger partial charge in [0.25, 0.3) is 5.91 Å². The molecule has 6 rings (SSSR count). The Hall–Kier alpha value is -4.04. The van der Waals surface area contributed by atoms with Gasteiger partial charge in [0.2, 0.25) is 0 Å². The molecule has 6 nitrogen and oxygen atoms in total. The molecule has 3 heterocycles. The summed E-state index contributed by atoms with van der Waals surface area (Å²) < 4.78 is 40.6. The zero-order chi connectivity index (χ0) is 26.2. The molecule has 0 radical (unpaired) electrons. The van der Waals surface area contributed by atoms with Crippen LogP contribution in [0.3, 0.4) is 0 Å². The van der Waals surface area contributed by atoms with Gasteiger partial charge < -0.3 is 19.7 Å². The number of ether oxygens (including phenoxy) is 2. The topological polar surface area (TPSA) is 63.7 Å². The first-order chi connectivity index (χ1) is 18.5. The van der Waals surface area contributed by atoms with Gasteiger partial charge in [0.1, 0.15) is 5.75 Å². The zero-order valence-electron chi connectivity index (χ0n) is 21.0. The molecule has 8 heteroatoms. The van der Waals surface area contributed by atoms with Crippen molar-refractivity contribution in [1.82, 2.24) is 10.3 Å². The fourth-order valence-corrected chi connectivity index (χ4v) is 5.37. The van der Waals surface area contributed by atoms with Crippen LogP contribution in [-0.4, -0.2) is 43.8 Å². The standard InChI is InChI=1S/C30H27F2N3O3/c1-18-15-22(27(32)24(31)16-18)19-6-4-7-21-28(19)33-17-23(29(21)35-10-13-37-14-11-35)30(36)34-25-9-12-38-26-8-3-2-5-20(25)26/h2-8,15-17,25H,9-14H2,1H3,(H,34,36)/t25-/m0/s1. The van der Waals surface area contributed by atoms with E-state index in [2.05, 4.69) is 15.2 Å². The van der Waals surface area contributed by atoms with E-state index in [0.717, 1.165) is 11.3 Å². The van der Waals surface area contributed by atoms with Gasteiger partial charge >= 0.3 is 0 Å². The lowest BCUT2D eigenvalue weighted by Gasteiger charge is -2.32. The molecule has 3 aromatic carbocycles. The Balaban J connectivity index is 1.47. The van der Waals surface area contributed by atoms with E-state index in [0.29, 0.717) is 72.6 Å². The Kier molecular flexibility index (Phi) is 6.41. The largest absolute Gasteiger partial charge is 0.493 e. The molecule has 2 aliphatic heterocycles. The van der Waals surface area contributed by atoms with Gasteiger partial charge in [-0.25, -0.2) is 8.78 Å². The van der Waals surface area contributed by atoms with Crippen molar-refractivity contribution in [3.63, 3.8) is 0 Å². The molecule has 1 aromatic heterocycles. The molecule has 1 N–H and O–H groups in total. The Morgan fingerprint density at radius 1 is 1.03 bits per heavy atom. The number of aromatic nitrogens is 1. The first-order valence-corrected chi connectivity index (χ1v) is 12.7. The lowest BCUT2D eigenvalue weighted by molar-refractivity contribution is 0.0923. The lowest BCUT2D eigenvalue weighted by Crippen LogP contribution is -2.39. The monoisotopic (exact) mass is 515 g/mol. The molecule has 0 spiro atoms. The summed E-state index contributed by atoms with van der Waals surface area (Å²) in [5, 5.41) is 3.88. The zero-order valence-corrected chi connectivity index (χ0v) is 21.0. The SMILES string of the molecule is Cc1cc(F)c(F)c(-c2cccc3c(N4CCOCC4)c(C(=O)N[C@H]4CCOc5ccccc54)cnc23)c1. The second kappa shape index (κ2) is 10.0. The van der Waals surface area contributed by atoms with E-state index in [4.69, 9.17) is 9.47 Å². The number of rotatable bonds is 4. The van der Waals surface area contributed by atoms with Crippen LogP contribution in [0, 0.1) is 18.6 Å². The first-order valence-electron chi connectivity index (χ1n) is 12.7. The van der Waals surface area contributed by atoms with E-state index in [-0.39, 0.29) is 17.5 Å². The Morgan fingerprint density at radius 2 is 1.84 bits per heavy atom. The molecule has 0 aliphatic carbocycles. The van der Waals surface area contributed by atoms with Crippen molar-refractivity contribution in [2.75, 3.05) is 37.8 Å². The minimum atomic E-state index is -0.919. The summed E-state index contributed by atoms with van der Waals surface area (Å²) in [6.45, 7) is 4.47. The number of benzene rings is 3. The number of hydrogen-bond acceptors (Lipinski definition) is 5. The van der Waals surface area contributed by atoms with Gasteiger partial charge in [-0.3, -0.25) is 9.78 Å². The van der Waals surface area contributed by atoms with Gasteiger partial charge in [-0.2, -0.15) is 0 Å². The van der Waals surface area contributed by atoms with E-state index < -0.39 is 11.6 Å². The number of aryl methyl sites for hydroxylation is 1. The normalized spacial score (nSPS) is 17.1. The molecular formula is C30H27F2N3O3. The van der Waals surface area contributed by atoms with Crippen molar-refractivity contribution < 1.29 is 23.0 Å². The fraction of sp³-hybridized carbons (Fsp3) is 0.267. The molecule has 1 atom stereocenters. The van der Waals surface area contributed by atoms with Crippen molar-refractivity contribution in [2.45, 2.75) is 19.4 Å². The highest BCUT2D eigenvalue weighted by Gasteiger charge is 2.28. The van der Waals surface area contributed by atoms with E-state index in [9.17, 15) is 13.6 Å². The number of pyridine rings is 1. The van der Waals surface area contributed by atoms with Crippen LogP contribution in [0.1, 0.15) is 33.9 Å². The molecule has 4 aromatic rings. The van der Waals surface area contributed by atoms with Crippen molar-refractivity contribution in [3.05, 3.63) is 89.1 Å². The van der Waals surface area contributed by atoms with Gasteiger partial charge in [-0.05, 0) is 30.7 Å². The predicted molar refractivity (Wildman–Crippen MR) is 142 cm³/mol. The van der Waals surface area contributed by atoms with Crippen LogP contribution in [0.25, 0.3) is 22.0 Å². The minimum absolute atomic E-state index is 0.143. The number of anilines is 1. The average molecular weight is 516 g/mol. The summed E-state index contributed by atoms with van der Waals surface area (Å²) >= 11 is 0. The second-order valence-corrected chi connectivity index (χ2v) is 9.63. The third-order valence-corrected chi connectivity index (χ3v) is 7.17. The van der Waals surface area contributed by atoms with Crippen LogP contribution in [0.4, 0.5) is 14.5 Å². The van der Waals surface area contributed by atoms with Crippen molar-refractivity contribution in [1.29, 1.82) is 0 Å². The number of halogens is 2. The lowest BCUT2D eigenvalue weighted by atomic mass is 9.96. The minimum Gasteiger partial charge on any atom is -0.493 e. The first kappa shape index (κ1) is 24.3. The summed E-state index contributed by atoms with van der Waals surface area (Å²) in [7, 11) is 0. The second-order valence-electron chi connectivity index (χ2n) is 9.63. The van der Waals surface area contributed by atoms with Crippen molar-refractivity contribution in [2.24, 2.45) is 0 Å². The van der Waals surface area contributed by atoms with Crippen molar-refractivity contribution in [3.8, 4) is 16.9 Å². The number of para-hydroxylation sites is 2. The number of carbonyl (C=O) groups excluding carboxylic acids is 1. The molecule has 1 amide bonds. The summed E-state index contributed by atoms with van der Waals surface area (Å²) in [6, 6.07) is 15.7. The molecule has 0 saturated carbocycles.